The smallest absolute Gasteiger partial charge is 0.321 e. The number of aromatic nitrogens is 3. The molecule has 3 heterocycles. The number of urea groups is 1. The van der Waals surface area contributed by atoms with E-state index in [0.717, 1.165) is 53.7 Å². The number of nitrogens with one attached hydrogen (secondary N) is 1. The molecule has 164 valence electrons. The lowest BCUT2D eigenvalue weighted by atomic mass is 10.0. The van der Waals surface area contributed by atoms with Gasteiger partial charge in [-0.2, -0.15) is 13.5 Å². The number of fused-ring (bicyclic) bond motifs is 1. The van der Waals surface area contributed by atoms with Gasteiger partial charge in [-0.3, -0.25) is 0 Å². The molecule has 1 N–H and O–H groups in total. The molecule has 0 bridgehead atoms. The van der Waals surface area contributed by atoms with Crippen molar-refractivity contribution in [3.8, 4) is 11.1 Å². The van der Waals surface area contributed by atoms with E-state index in [4.69, 9.17) is 0 Å². The Morgan fingerprint density at radius 1 is 1.23 bits per heavy atom. The fraction of sp³-hybridized carbons (Fsp3) is 0.391. The number of rotatable bonds is 4. The molecule has 0 aliphatic carbocycles. The molecule has 31 heavy (non-hydrogen) atoms. The Morgan fingerprint density at radius 3 is 2.74 bits per heavy atom. The number of carbonyl (C=O) groups excluding carboxylic acids is 1. The van der Waals surface area contributed by atoms with Crippen molar-refractivity contribution in [2.75, 3.05) is 18.4 Å². The van der Waals surface area contributed by atoms with Crippen LogP contribution in [0.3, 0.4) is 0 Å². The molecule has 1 fully saturated rings. The Kier molecular flexibility index (Phi) is 7.10. The molecule has 2 amide bonds. The highest BCUT2D eigenvalue weighted by atomic mass is 32.1. The zero-order valence-corrected chi connectivity index (χ0v) is 19.1. The van der Waals surface area contributed by atoms with E-state index in [1.54, 1.807) is 23.4 Å². The van der Waals surface area contributed by atoms with Gasteiger partial charge in [0, 0.05) is 42.9 Å². The zero-order chi connectivity index (χ0) is 21.3. The number of anilines is 1. The van der Waals surface area contributed by atoms with Gasteiger partial charge in [-0.15, -0.1) is 0 Å². The van der Waals surface area contributed by atoms with E-state index < -0.39 is 5.82 Å². The normalized spacial score (nSPS) is 15.7. The van der Waals surface area contributed by atoms with Crippen molar-refractivity contribution in [1.29, 1.82) is 0 Å². The first kappa shape index (κ1) is 22.9. The van der Waals surface area contributed by atoms with Gasteiger partial charge in [0.2, 0.25) is 0 Å². The maximum absolute atomic E-state index is 14.6. The summed E-state index contributed by atoms with van der Waals surface area (Å²) >= 11 is 0. The number of pyridine rings is 1. The molecule has 1 aliphatic heterocycles. The number of aryl methyl sites for hydroxylation is 2. The maximum Gasteiger partial charge on any atom is 0.321 e. The summed E-state index contributed by atoms with van der Waals surface area (Å²) in [4.78, 5) is 27.6. The second-order valence-corrected chi connectivity index (χ2v) is 7.86. The van der Waals surface area contributed by atoms with Crippen LogP contribution in [-0.4, -0.2) is 39.0 Å². The molecule has 1 aromatic carbocycles. The van der Waals surface area contributed by atoms with Crippen molar-refractivity contribution >= 4 is 36.2 Å². The molecule has 4 rings (SSSR count). The molecule has 1 atom stereocenters. The van der Waals surface area contributed by atoms with E-state index in [1.807, 2.05) is 19.9 Å². The highest BCUT2D eigenvalue weighted by Gasteiger charge is 2.25. The fourth-order valence-corrected chi connectivity index (χ4v) is 3.90. The second-order valence-electron chi connectivity index (χ2n) is 7.86. The minimum atomic E-state index is -0.444. The van der Waals surface area contributed by atoms with Gasteiger partial charge in [0.15, 0.2) is 5.65 Å². The average Bonchev–Trinajstić information content (AvgIpc) is 3.24. The lowest BCUT2D eigenvalue weighted by molar-refractivity contribution is 0.220. The van der Waals surface area contributed by atoms with Crippen LogP contribution in [0.1, 0.15) is 38.1 Å². The summed E-state index contributed by atoms with van der Waals surface area (Å²) < 4.78 is 14.6. The minimum absolute atomic E-state index is 0. The van der Waals surface area contributed by atoms with Crippen LogP contribution < -0.4 is 5.32 Å². The summed E-state index contributed by atoms with van der Waals surface area (Å²) in [5.74, 6) is 0.826. The van der Waals surface area contributed by atoms with Crippen LogP contribution in [0.4, 0.5) is 14.9 Å². The summed E-state index contributed by atoms with van der Waals surface area (Å²) in [7, 11) is 0. The van der Waals surface area contributed by atoms with Gasteiger partial charge in [-0.05, 0) is 48.6 Å². The topological polar surface area (TPSA) is 71.0 Å². The van der Waals surface area contributed by atoms with Gasteiger partial charge in [-0.25, -0.2) is 24.1 Å². The van der Waals surface area contributed by atoms with Crippen molar-refractivity contribution in [2.45, 2.75) is 40.0 Å². The standard InChI is InChI=1S/C23H26FN5O.H2S/c1-4-15-6-7-29(13-15)23(30)27-20-10-18(14(3)8-19(20)24)16-9-17-12-25-21(5-2)28-22(17)26-11-16;/h8-12,15H,4-7,13H2,1-3H3,(H,27,30);1H2/t15-;/m1./s1. The van der Waals surface area contributed by atoms with Crippen LogP contribution in [0, 0.1) is 18.7 Å². The first-order valence-electron chi connectivity index (χ1n) is 10.5. The Morgan fingerprint density at radius 2 is 2.03 bits per heavy atom. The molecule has 3 aromatic rings. The van der Waals surface area contributed by atoms with Crippen molar-refractivity contribution in [2.24, 2.45) is 5.92 Å². The first-order valence-corrected chi connectivity index (χ1v) is 10.5. The van der Waals surface area contributed by atoms with E-state index in [0.29, 0.717) is 18.1 Å². The maximum atomic E-state index is 14.6. The zero-order valence-electron chi connectivity index (χ0n) is 18.1. The van der Waals surface area contributed by atoms with E-state index in [9.17, 15) is 9.18 Å². The molecule has 1 saturated heterocycles. The lowest BCUT2D eigenvalue weighted by Gasteiger charge is -2.18. The number of amides is 2. The van der Waals surface area contributed by atoms with Gasteiger partial charge in [0.25, 0.3) is 0 Å². The van der Waals surface area contributed by atoms with E-state index >= 15 is 0 Å². The highest BCUT2D eigenvalue weighted by Crippen LogP contribution is 2.30. The van der Waals surface area contributed by atoms with Crippen molar-refractivity contribution in [3.05, 3.63) is 47.8 Å². The van der Waals surface area contributed by atoms with Crippen LogP contribution >= 0.6 is 13.5 Å². The molecule has 8 heteroatoms. The van der Waals surface area contributed by atoms with Crippen LogP contribution in [0.2, 0.25) is 0 Å². The minimum Gasteiger partial charge on any atom is -0.324 e. The highest BCUT2D eigenvalue weighted by molar-refractivity contribution is 7.59. The van der Waals surface area contributed by atoms with Crippen LogP contribution in [0.15, 0.2) is 30.6 Å². The van der Waals surface area contributed by atoms with Gasteiger partial charge in [0.1, 0.15) is 11.6 Å². The summed E-state index contributed by atoms with van der Waals surface area (Å²) in [6, 6.07) is 4.82. The quantitative estimate of drug-likeness (QED) is 0.613. The Hall–Kier alpha value is -2.74. The number of halogens is 1. The molecule has 2 aromatic heterocycles. The largest absolute Gasteiger partial charge is 0.324 e. The Balaban J connectivity index is 0.00000272. The molecule has 0 radical (unpaired) electrons. The van der Waals surface area contributed by atoms with E-state index in [-0.39, 0.29) is 25.2 Å². The van der Waals surface area contributed by atoms with Crippen molar-refractivity contribution in [1.82, 2.24) is 19.9 Å². The van der Waals surface area contributed by atoms with Crippen LogP contribution in [0.5, 0.6) is 0 Å². The summed E-state index contributed by atoms with van der Waals surface area (Å²) in [6.07, 6.45) is 6.28. The van der Waals surface area contributed by atoms with E-state index in [2.05, 4.69) is 27.2 Å². The van der Waals surface area contributed by atoms with E-state index in [1.165, 1.54) is 6.07 Å². The monoisotopic (exact) mass is 441 g/mol. The summed E-state index contributed by atoms with van der Waals surface area (Å²) in [6.45, 7) is 7.40. The van der Waals surface area contributed by atoms with Crippen LogP contribution in [-0.2, 0) is 6.42 Å². The van der Waals surface area contributed by atoms with Crippen molar-refractivity contribution < 1.29 is 9.18 Å². The Bertz CT molecular complexity index is 1110. The first-order chi connectivity index (χ1) is 14.5. The number of benzene rings is 1. The van der Waals surface area contributed by atoms with Crippen molar-refractivity contribution in [3.63, 3.8) is 0 Å². The number of carbonyl (C=O) groups is 1. The van der Waals surface area contributed by atoms with Gasteiger partial charge < -0.3 is 10.2 Å². The molecule has 0 spiro atoms. The van der Waals surface area contributed by atoms with Crippen LogP contribution in [0.25, 0.3) is 22.2 Å². The predicted molar refractivity (Wildman–Crippen MR) is 126 cm³/mol. The SMILES string of the molecule is CCc1ncc2cc(-c3cc(NC(=O)N4CC[C@@H](CC)C4)c(F)cc3C)cnc2n1.S. The summed E-state index contributed by atoms with van der Waals surface area (Å²) in [5.41, 5.74) is 3.23. The number of hydrogen-bond donors (Lipinski definition) is 1. The fourth-order valence-electron chi connectivity index (χ4n) is 3.90. The number of likely N-dealkylation sites (tertiary alicyclic amines) is 1. The lowest BCUT2D eigenvalue weighted by Crippen LogP contribution is -2.33. The molecular weight excluding hydrogens is 413 g/mol. The van der Waals surface area contributed by atoms with Gasteiger partial charge in [0.05, 0.1) is 5.69 Å². The molecule has 6 nitrogen and oxygen atoms in total. The third kappa shape index (κ3) is 4.79. The molecular formula is C23H28FN5OS. The third-order valence-corrected chi connectivity index (χ3v) is 5.82. The predicted octanol–water partition coefficient (Wildman–Crippen LogP) is 5.08. The second kappa shape index (κ2) is 9.60. The number of nitrogens with zero attached hydrogens (tertiary/aromatic N) is 4. The molecule has 1 aliphatic rings. The third-order valence-electron chi connectivity index (χ3n) is 5.82. The molecule has 0 unspecified atom stereocenters. The van der Waals surface area contributed by atoms with Gasteiger partial charge >= 0.3 is 6.03 Å². The Labute approximate surface area is 188 Å². The molecule has 0 saturated carbocycles. The van der Waals surface area contributed by atoms with Gasteiger partial charge in [-0.1, -0.05) is 20.3 Å². The summed E-state index contributed by atoms with van der Waals surface area (Å²) in [5, 5.41) is 3.57. The average molecular weight is 442 g/mol. The number of hydrogen-bond acceptors (Lipinski definition) is 4.